The van der Waals surface area contributed by atoms with Gasteiger partial charge in [-0.15, -0.1) is 0 Å². The van der Waals surface area contributed by atoms with Gasteiger partial charge in [0, 0.05) is 18.8 Å². The zero-order valence-electron chi connectivity index (χ0n) is 16.7. The molecule has 0 amide bonds. The van der Waals surface area contributed by atoms with Crippen molar-refractivity contribution in [2.75, 3.05) is 37.8 Å². The number of pyridine rings is 1. The van der Waals surface area contributed by atoms with E-state index < -0.39 is 0 Å². The summed E-state index contributed by atoms with van der Waals surface area (Å²) >= 11 is 0. The Morgan fingerprint density at radius 1 is 1.04 bits per heavy atom. The van der Waals surface area contributed by atoms with Gasteiger partial charge >= 0.3 is 0 Å². The average Bonchev–Trinajstić information content (AvgIpc) is 3.15. The summed E-state index contributed by atoms with van der Waals surface area (Å²) in [6.45, 7) is 5.96. The lowest BCUT2D eigenvalue weighted by Crippen LogP contribution is -2.21. The van der Waals surface area contributed by atoms with E-state index in [9.17, 15) is 0 Å². The summed E-state index contributed by atoms with van der Waals surface area (Å²) in [5.41, 5.74) is 5.93. The molecule has 2 N–H and O–H groups in total. The number of likely N-dealkylation sites (N-methyl/N-ethyl adjacent to an activating group) is 1. The van der Waals surface area contributed by atoms with Crippen LogP contribution in [0.2, 0.25) is 0 Å². The van der Waals surface area contributed by atoms with E-state index in [0.717, 1.165) is 47.1 Å². The molecule has 0 atom stereocenters. The van der Waals surface area contributed by atoms with E-state index >= 15 is 0 Å². The van der Waals surface area contributed by atoms with Crippen molar-refractivity contribution >= 4 is 34.0 Å². The van der Waals surface area contributed by atoms with Gasteiger partial charge in [0.05, 0.1) is 6.20 Å². The normalized spacial score (nSPS) is 11.5. The van der Waals surface area contributed by atoms with Crippen molar-refractivity contribution in [2.45, 2.75) is 13.8 Å². The van der Waals surface area contributed by atoms with Crippen molar-refractivity contribution in [3.8, 4) is 0 Å². The lowest BCUT2D eigenvalue weighted by molar-refractivity contribution is 0.425. The molecule has 144 valence electrons. The maximum atomic E-state index is 4.83. The number of nitrogens with zero attached hydrogens (tertiary/aromatic N) is 5. The topological polar surface area (TPSA) is 70.4 Å². The number of imidazole rings is 1. The van der Waals surface area contributed by atoms with Gasteiger partial charge in [-0.3, -0.25) is 4.40 Å². The fourth-order valence-corrected chi connectivity index (χ4v) is 3.25. The molecule has 0 aliphatic carbocycles. The minimum atomic E-state index is 0.775. The summed E-state index contributed by atoms with van der Waals surface area (Å²) in [6.07, 6.45) is 3.60. The smallest absolute Gasteiger partial charge is 0.166 e. The predicted molar refractivity (Wildman–Crippen MR) is 115 cm³/mol. The minimum absolute atomic E-state index is 0.775. The van der Waals surface area contributed by atoms with Crippen LogP contribution >= 0.6 is 0 Å². The van der Waals surface area contributed by atoms with Crippen molar-refractivity contribution in [1.82, 2.24) is 24.3 Å². The molecule has 7 heteroatoms. The van der Waals surface area contributed by atoms with Gasteiger partial charge in [0.15, 0.2) is 11.5 Å². The lowest BCUT2D eigenvalue weighted by atomic mass is 10.1. The molecular weight excluding hydrogens is 350 g/mol. The van der Waals surface area contributed by atoms with E-state index in [2.05, 4.69) is 66.7 Å². The molecule has 0 unspecified atom stereocenters. The Morgan fingerprint density at radius 2 is 1.82 bits per heavy atom. The second kappa shape index (κ2) is 7.44. The van der Waals surface area contributed by atoms with Crippen LogP contribution in [0.4, 0.5) is 17.3 Å². The molecule has 3 heterocycles. The van der Waals surface area contributed by atoms with Gasteiger partial charge in [0.2, 0.25) is 0 Å². The number of para-hydroxylation sites is 1. The van der Waals surface area contributed by atoms with Gasteiger partial charge in [-0.1, -0.05) is 18.2 Å². The quantitative estimate of drug-likeness (QED) is 0.536. The van der Waals surface area contributed by atoms with Crippen molar-refractivity contribution in [2.24, 2.45) is 0 Å². The molecule has 0 aliphatic heterocycles. The number of nitrogens with one attached hydrogen (secondary N) is 2. The predicted octanol–water partition coefficient (Wildman–Crippen LogP) is 3.61. The number of aromatic nitrogens is 4. The Bertz CT molecular complexity index is 1110. The van der Waals surface area contributed by atoms with Crippen LogP contribution in [0.5, 0.6) is 0 Å². The molecule has 0 aliphatic rings. The van der Waals surface area contributed by atoms with Crippen LogP contribution in [0.1, 0.15) is 11.1 Å². The number of anilines is 3. The number of fused-ring (bicyclic) bond motifs is 3. The van der Waals surface area contributed by atoms with Crippen molar-refractivity contribution in [1.29, 1.82) is 0 Å². The minimum Gasteiger partial charge on any atom is -0.369 e. The van der Waals surface area contributed by atoms with Crippen molar-refractivity contribution < 1.29 is 0 Å². The number of hydrogen-bond acceptors (Lipinski definition) is 6. The largest absolute Gasteiger partial charge is 0.369 e. The maximum absolute atomic E-state index is 4.83. The Hall–Kier alpha value is -3.19. The molecule has 0 spiro atoms. The second-order valence-corrected chi connectivity index (χ2v) is 7.27. The standard InChI is InChI=1S/C21H25N7/c1-14-6-5-7-15(2)19(14)26-20-17-12-22-13-28(17)21-16(24-20)8-9-18(25-21)23-10-11-27(3)4/h5-9,12-13H,10-11H2,1-4H3,(H,23,25)(H,24,26). The summed E-state index contributed by atoms with van der Waals surface area (Å²) in [5.74, 6) is 1.61. The second-order valence-electron chi connectivity index (χ2n) is 7.27. The molecule has 4 aromatic rings. The highest BCUT2D eigenvalue weighted by atomic mass is 15.1. The molecule has 1 aromatic carbocycles. The highest BCUT2D eigenvalue weighted by molar-refractivity contribution is 5.85. The molecule has 0 fully saturated rings. The Morgan fingerprint density at radius 3 is 2.57 bits per heavy atom. The maximum Gasteiger partial charge on any atom is 0.166 e. The van der Waals surface area contributed by atoms with Gasteiger partial charge in [-0.05, 0) is 51.2 Å². The first-order valence-electron chi connectivity index (χ1n) is 9.37. The molecule has 0 bridgehead atoms. The fourth-order valence-electron chi connectivity index (χ4n) is 3.25. The van der Waals surface area contributed by atoms with Crippen LogP contribution in [0.25, 0.3) is 16.7 Å². The van der Waals surface area contributed by atoms with Crippen LogP contribution in [0.15, 0.2) is 42.9 Å². The molecular formula is C21H25N7. The molecule has 4 rings (SSSR count). The average molecular weight is 375 g/mol. The first-order chi connectivity index (χ1) is 13.5. The van der Waals surface area contributed by atoms with E-state index in [4.69, 9.17) is 9.97 Å². The number of rotatable bonds is 6. The van der Waals surface area contributed by atoms with Gasteiger partial charge in [0.1, 0.15) is 23.2 Å². The van der Waals surface area contributed by atoms with Crippen LogP contribution < -0.4 is 10.6 Å². The monoisotopic (exact) mass is 375 g/mol. The summed E-state index contributed by atoms with van der Waals surface area (Å²) < 4.78 is 1.98. The summed E-state index contributed by atoms with van der Waals surface area (Å²) in [7, 11) is 4.11. The molecule has 0 saturated carbocycles. The highest BCUT2D eigenvalue weighted by Crippen LogP contribution is 2.28. The number of aryl methyl sites for hydroxylation is 2. The van der Waals surface area contributed by atoms with Crippen molar-refractivity contribution in [3.05, 3.63) is 54.0 Å². The summed E-state index contributed by atoms with van der Waals surface area (Å²) in [6, 6.07) is 10.2. The van der Waals surface area contributed by atoms with E-state index in [1.807, 2.05) is 22.7 Å². The first-order valence-corrected chi connectivity index (χ1v) is 9.37. The van der Waals surface area contributed by atoms with Crippen LogP contribution in [-0.4, -0.2) is 51.4 Å². The highest BCUT2D eigenvalue weighted by Gasteiger charge is 2.12. The third-order valence-electron chi connectivity index (χ3n) is 4.79. The van der Waals surface area contributed by atoms with E-state index in [1.165, 1.54) is 11.1 Å². The van der Waals surface area contributed by atoms with Gasteiger partial charge < -0.3 is 15.5 Å². The van der Waals surface area contributed by atoms with Crippen molar-refractivity contribution in [3.63, 3.8) is 0 Å². The number of benzene rings is 1. The van der Waals surface area contributed by atoms with Crippen LogP contribution in [0, 0.1) is 13.8 Å². The summed E-state index contributed by atoms with van der Waals surface area (Å²) in [4.78, 5) is 16.1. The van der Waals surface area contributed by atoms with Crippen LogP contribution in [0.3, 0.4) is 0 Å². The molecule has 0 radical (unpaired) electrons. The zero-order valence-corrected chi connectivity index (χ0v) is 16.7. The number of hydrogen-bond donors (Lipinski definition) is 2. The SMILES string of the molecule is Cc1cccc(C)c1Nc1nc2ccc(NCCN(C)C)nc2n2cncc12. The van der Waals surface area contributed by atoms with E-state index in [1.54, 1.807) is 6.33 Å². The van der Waals surface area contributed by atoms with E-state index in [0.29, 0.717) is 0 Å². The van der Waals surface area contributed by atoms with Crippen LogP contribution in [-0.2, 0) is 0 Å². The van der Waals surface area contributed by atoms with Gasteiger partial charge in [-0.2, -0.15) is 0 Å². The van der Waals surface area contributed by atoms with Gasteiger partial charge in [-0.25, -0.2) is 15.0 Å². The van der Waals surface area contributed by atoms with E-state index in [-0.39, 0.29) is 0 Å². The summed E-state index contributed by atoms with van der Waals surface area (Å²) in [5, 5.41) is 6.87. The Labute approximate surface area is 164 Å². The first kappa shape index (κ1) is 18.2. The molecule has 28 heavy (non-hydrogen) atoms. The Kier molecular flexibility index (Phi) is 4.83. The third-order valence-corrected chi connectivity index (χ3v) is 4.79. The molecule has 3 aromatic heterocycles. The molecule has 0 saturated heterocycles. The zero-order chi connectivity index (χ0) is 19.7. The van der Waals surface area contributed by atoms with Gasteiger partial charge in [0.25, 0.3) is 0 Å². The Balaban J connectivity index is 1.74. The third kappa shape index (κ3) is 3.48. The lowest BCUT2D eigenvalue weighted by Gasteiger charge is -2.15. The molecule has 7 nitrogen and oxygen atoms in total. The fraction of sp³-hybridized carbons (Fsp3) is 0.286.